The van der Waals surface area contributed by atoms with Crippen LogP contribution in [-0.2, 0) is 15.2 Å². The molecule has 5 unspecified atom stereocenters. The molecule has 0 radical (unpaired) electrons. The fourth-order valence-electron chi connectivity index (χ4n) is 5.05. The van der Waals surface area contributed by atoms with Gasteiger partial charge in [0.05, 0.1) is 17.2 Å². The molecule has 0 bridgehead atoms. The van der Waals surface area contributed by atoms with E-state index in [2.05, 4.69) is 0 Å². The number of fused-ring (bicyclic) bond motifs is 3. The van der Waals surface area contributed by atoms with Crippen LogP contribution in [0.25, 0.3) is 0 Å². The molecule has 31 heavy (non-hydrogen) atoms. The first-order valence-corrected chi connectivity index (χ1v) is 9.63. The summed E-state index contributed by atoms with van der Waals surface area (Å²) in [5, 5.41) is 54.0. The van der Waals surface area contributed by atoms with Gasteiger partial charge in [0.1, 0.15) is 22.8 Å². The number of amides is 1. The van der Waals surface area contributed by atoms with Gasteiger partial charge in [0, 0.05) is 28.0 Å². The predicted molar refractivity (Wildman–Crippen MR) is 105 cm³/mol. The molecule has 0 aliphatic heterocycles. The van der Waals surface area contributed by atoms with Gasteiger partial charge in [-0.25, -0.2) is 0 Å². The number of phenolic OH excluding ortho intramolecular Hbond substituents is 1. The number of nitrogens with two attached hydrogens (primary N) is 2. The maximum Gasteiger partial charge on any atom is 0.255 e. The quantitative estimate of drug-likeness (QED) is 0.283. The number of aliphatic hydroxyl groups is 4. The summed E-state index contributed by atoms with van der Waals surface area (Å²) >= 11 is 6.20. The van der Waals surface area contributed by atoms with E-state index in [1.807, 2.05) is 0 Å². The largest absolute Gasteiger partial charge is 0.510 e. The van der Waals surface area contributed by atoms with E-state index in [0.717, 1.165) is 6.07 Å². The highest BCUT2D eigenvalue weighted by atomic mass is 35.5. The topological polar surface area (TPSA) is 204 Å². The standard InChI is InChI=1S/C20H19ClN2O8/c1-19(30)5-4-6-13(22)15(26)11(18(23)29)17(28)20(6,31)16(27)9(5)14(25)10-8(24)3-2-7(21)12(10)19/h2-3,5-6,13,24,26-27,30-31H,4,22H2,1H3,(H2,23,29). The van der Waals surface area contributed by atoms with Crippen LogP contribution in [0.4, 0.5) is 0 Å². The summed E-state index contributed by atoms with van der Waals surface area (Å²) in [6.45, 7) is 1.30. The zero-order valence-corrected chi connectivity index (χ0v) is 16.8. The van der Waals surface area contributed by atoms with Crippen molar-refractivity contribution >= 4 is 29.1 Å². The number of rotatable bonds is 1. The minimum absolute atomic E-state index is 0.0201. The number of aromatic hydroxyl groups is 1. The third-order valence-corrected chi connectivity index (χ3v) is 6.92. The summed E-state index contributed by atoms with van der Waals surface area (Å²) in [6, 6.07) is 0.899. The van der Waals surface area contributed by atoms with Gasteiger partial charge in [-0.15, -0.1) is 0 Å². The highest BCUT2D eigenvalue weighted by Gasteiger charge is 2.65. The number of aliphatic hydroxyl groups excluding tert-OH is 2. The van der Waals surface area contributed by atoms with Crippen molar-refractivity contribution in [3.05, 3.63) is 50.9 Å². The molecule has 11 heteroatoms. The Balaban J connectivity index is 2.05. The first-order chi connectivity index (χ1) is 14.3. The van der Waals surface area contributed by atoms with Crippen LogP contribution in [0.15, 0.2) is 34.8 Å². The number of phenols is 1. The normalized spacial score (nSPS) is 34.9. The van der Waals surface area contributed by atoms with Crippen molar-refractivity contribution in [3.8, 4) is 5.75 Å². The first kappa shape index (κ1) is 21.3. The van der Waals surface area contributed by atoms with E-state index in [0.29, 0.717) is 0 Å². The number of ketones is 2. The fraction of sp³-hybridized carbons (Fsp3) is 0.350. The average Bonchev–Trinajstić information content (AvgIpc) is 2.67. The highest BCUT2D eigenvalue weighted by Crippen LogP contribution is 2.56. The molecule has 0 saturated heterocycles. The van der Waals surface area contributed by atoms with Gasteiger partial charge in [0.2, 0.25) is 5.78 Å². The van der Waals surface area contributed by atoms with E-state index < -0.39 is 80.5 Å². The molecule has 0 saturated carbocycles. The predicted octanol–water partition coefficient (Wildman–Crippen LogP) is -0.164. The van der Waals surface area contributed by atoms with Crippen molar-refractivity contribution < 1.29 is 39.9 Å². The Labute approximate surface area is 180 Å². The lowest BCUT2D eigenvalue weighted by molar-refractivity contribution is -0.148. The van der Waals surface area contributed by atoms with Crippen molar-refractivity contribution in [2.24, 2.45) is 23.3 Å². The second-order valence-electron chi connectivity index (χ2n) is 8.20. The minimum atomic E-state index is -2.85. The van der Waals surface area contributed by atoms with E-state index in [-0.39, 0.29) is 17.0 Å². The van der Waals surface area contributed by atoms with Gasteiger partial charge in [-0.3, -0.25) is 14.4 Å². The summed E-state index contributed by atoms with van der Waals surface area (Å²) in [6.07, 6.45) is -0.344. The molecule has 4 rings (SSSR count). The molecule has 0 aromatic heterocycles. The van der Waals surface area contributed by atoms with Crippen LogP contribution in [0.2, 0.25) is 5.02 Å². The van der Waals surface area contributed by atoms with Gasteiger partial charge < -0.3 is 37.0 Å². The molecule has 0 spiro atoms. The number of primary amides is 1. The van der Waals surface area contributed by atoms with E-state index in [4.69, 9.17) is 23.1 Å². The third-order valence-electron chi connectivity index (χ3n) is 6.60. The van der Waals surface area contributed by atoms with Gasteiger partial charge in [-0.1, -0.05) is 11.6 Å². The van der Waals surface area contributed by atoms with Gasteiger partial charge in [0.15, 0.2) is 11.4 Å². The van der Waals surface area contributed by atoms with Crippen molar-refractivity contribution in [1.82, 2.24) is 0 Å². The Bertz CT molecular complexity index is 1150. The number of hydrogen-bond donors (Lipinski definition) is 7. The minimum Gasteiger partial charge on any atom is -0.510 e. The smallest absolute Gasteiger partial charge is 0.255 e. The van der Waals surface area contributed by atoms with Crippen LogP contribution >= 0.6 is 11.6 Å². The molecule has 3 aliphatic rings. The molecular formula is C20H19ClN2O8. The molecule has 9 N–H and O–H groups in total. The average molecular weight is 451 g/mol. The van der Waals surface area contributed by atoms with E-state index >= 15 is 0 Å². The summed E-state index contributed by atoms with van der Waals surface area (Å²) in [5.41, 5.74) is 4.34. The van der Waals surface area contributed by atoms with Crippen LogP contribution in [-0.4, -0.2) is 54.6 Å². The van der Waals surface area contributed by atoms with Gasteiger partial charge in [-0.2, -0.15) is 0 Å². The molecule has 3 aliphatic carbocycles. The molecule has 1 aromatic rings. The number of carbonyl (C=O) groups is 3. The summed E-state index contributed by atoms with van der Waals surface area (Å²) in [7, 11) is 0. The van der Waals surface area contributed by atoms with Crippen molar-refractivity contribution in [2.75, 3.05) is 0 Å². The SMILES string of the molecule is CC1(O)c2c(Cl)ccc(O)c2C(=O)C2=C(O)C3(O)C(=O)C(C(N)=O)=C(O)C(N)C3CC21. The fourth-order valence-corrected chi connectivity index (χ4v) is 5.40. The Morgan fingerprint density at radius 2 is 1.81 bits per heavy atom. The summed E-state index contributed by atoms with van der Waals surface area (Å²) in [5.74, 6) is -8.89. The van der Waals surface area contributed by atoms with Gasteiger partial charge >= 0.3 is 0 Å². The van der Waals surface area contributed by atoms with Crippen molar-refractivity contribution in [1.29, 1.82) is 0 Å². The van der Waals surface area contributed by atoms with Crippen molar-refractivity contribution in [2.45, 2.75) is 30.6 Å². The number of benzene rings is 1. The lowest BCUT2D eigenvalue weighted by atomic mass is 9.55. The molecule has 1 amide bonds. The second-order valence-corrected chi connectivity index (χ2v) is 8.60. The molecule has 1 aromatic carbocycles. The second kappa shape index (κ2) is 6.30. The Hall–Kier alpha value is -2.92. The molecule has 164 valence electrons. The number of carbonyl (C=O) groups excluding carboxylic acids is 3. The molecule has 0 heterocycles. The maximum atomic E-state index is 13.3. The van der Waals surface area contributed by atoms with Crippen LogP contribution in [0, 0.1) is 11.8 Å². The Morgan fingerprint density at radius 3 is 2.39 bits per heavy atom. The van der Waals surface area contributed by atoms with Gasteiger partial charge in [-0.05, 0) is 25.5 Å². The maximum absolute atomic E-state index is 13.3. The van der Waals surface area contributed by atoms with Crippen LogP contribution in [0.3, 0.4) is 0 Å². The third kappa shape index (κ3) is 2.41. The zero-order chi connectivity index (χ0) is 23.2. The molecule has 0 fully saturated rings. The van der Waals surface area contributed by atoms with Crippen LogP contribution < -0.4 is 11.5 Å². The molecular weight excluding hydrogens is 432 g/mol. The Morgan fingerprint density at radius 1 is 1.19 bits per heavy atom. The number of Topliss-reactive ketones (excluding diaryl/α,β-unsaturated/α-hetero) is 2. The summed E-state index contributed by atoms with van der Waals surface area (Å²) in [4.78, 5) is 37.9. The number of halogens is 1. The number of hydrogen-bond acceptors (Lipinski definition) is 9. The first-order valence-electron chi connectivity index (χ1n) is 9.26. The molecule has 10 nitrogen and oxygen atoms in total. The van der Waals surface area contributed by atoms with E-state index in [1.54, 1.807) is 0 Å². The lowest BCUT2D eigenvalue weighted by Crippen LogP contribution is -2.64. The monoisotopic (exact) mass is 450 g/mol. The van der Waals surface area contributed by atoms with Gasteiger partial charge in [0.25, 0.3) is 5.91 Å². The zero-order valence-electron chi connectivity index (χ0n) is 16.1. The summed E-state index contributed by atoms with van der Waals surface area (Å²) < 4.78 is 0. The Kier molecular flexibility index (Phi) is 4.33. The van der Waals surface area contributed by atoms with E-state index in [9.17, 15) is 39.9 Å². The lowest BCUT2D eigenvalue weighted by Gasteiger charge is -2.51. The highest BCUT2D eigenvalue weighted by molar-refractivity contribution is 6.33. The van der Waals surface area contributed by atoms with E-state index in [1.165, 1.54) is 13.0 Å². The van der Waals surface area contributed by atoms with Crippen LogP contribution in [0.1, 0.15) is 29.3 Å². The molecule has 5 atom stereocenters. The van der Waals surface area contributed by atoms with Crippen LogP contribution in [0.5, 0.6) is 5.75 Å². The van der Waals surface area contributed by atoms with Crippen molar-refractivity contribution in [3.63, 3.8) is 0 Å².